The fraction of sp³-hybridized carbons (Fsp3) is 0.647. The van der Waals surface area contributed by atoms with Gasteiger partial charge in [-0.1, -0.05) is 39.5 Å². The number of hydrogen-bond acceptors (Lipinski definition) is 4. The summed E-state index contributed by atoms with van der Waals surface area (Å²) in [6, 6.07) is 1.59. The zero-order valence-corrected chi connectivity index (χ0v) is 13.5. The van der Waals surface area contributed by atoms with Gasteiger partial charge in [0.15, 0.2) is 5.54 Å². The highest BCUT2D eigenvalue weighted by atomic mass is 16.4. The second-order valence-corrected chi connectivity index (χ2v) is 5.98. The summed E-state index contributed by atoms with van der Waals surface area (Å²) < 4.78 is 5.20. The molecular weight excluding hydrogens is 280 g/mol. The molecule has 0 amide bonds. The Morgan fingerprint density at radius 2 is 2.14 bits per heavy atom. The van der Waals surface area contributed by atoms with Crippen molar-refractivity contribution < 1.29 is 14.3 Å². The normalized spacial score (nSPS) is 24.1. The molecule has 1 aliphatic heterocycles. The van der Waals surface area contributed by atoms with Crippen LogP contribution in [0.1, 0.15) is 64.0 Å². The predicted molar refractivity (Wildman–Crippen MR) is 86.1 cm³/mol. The van der Waals surface area contributed by atoms with Gasteiger partial charge >= 0.3 is 5.97 Å². The summed E-state index contributed by atoms with van der Waals surface area (Å²) in [5.41, 5.74) is -0.195. The Kier molecular flexibility index (Phi) is 5.63. The third-order valence-corrected chi connectivity index (χ3v) is 4.38. The smallest absolute Gasteiger partial charge is 0.334 e. The topological polar surface area (TPSA) is 66.0 Å². The van der Waals surface area contributed by atoms with Crippen LogP contribution in [0.2, 0.25) is 0 Å². The molecule has 5 nitrogen and oxygen atoms in total. The molecule has 0 spiro atoms. The van der Waals surface area contributed by atoms with Gasteiger partial charge in [-0.05, 0) is 18.9 Å². The molecule has 5 heteroatoms. The Morgan fingerprint density at radius 3 is 2.73 bits per heavy atom. The lowest BCUT2D eigenvalue weighted by atomic mass is 9.82. The maximum Gasteiger partial charge on any atom is 0.334 e. The minimum atomic E-state index is -1.09. The van der Waals surface area contributed by atoms with Gasteiger partial charge in [-0.3, -0.25) is 4.99 Å². The number of unbranched alkanes of at least 4 members (excludes halogenated alkanes) is 3. The van der Waals surface area contributed by atoms with Crippen LogP contribution in [-0.4, -0.2) is 34.4 Å². The molecule has 2 heterocycles. The van der Waals surface area contributed by atoms with Crippen LogP contribution in [0.4, 0.5) is 0 Å². The zero-order chi connectivity index (χ0) is 16.0. The van der Waals surface area contributed by atoms with Crippen LogP contribution < -0.4 is 0 Å². The van der Waals surface area contributed by atoms with Crippen LogP contribution in [0, 0.1) is 0 Å². The largest absolute Gasteiger partial charge is 0.479 e. The van der Waals surface area contributed by atoms with Crippen LogP contribution in [0.5, 0.6) is 0 Å². The highest BCUT2D eigenvalue weighted by molar-refractivity contribution is 5.85. The first-order valence-electron chi connectivity index (χ1n) is 8.22. The van der Waals surface area contributed by atoms with Gasteiger partial charge in [0.1, 0.15) is 0 Å². The molecule has 0 fully saturated rings. The molecule has 0 saturated heterocycles. The van der Waals surface area contributed by atoms with Crippen LogP contribution in [0.15, 0.2) is 28.0 Å². The molecule has 22 heavy (non-hydrogen) atoms. The molecule has 0 saturated carbocycles. The molecule has 0 aromatic carbocycles. The van der Waals surface area contributed by atoms with Crippen LogP contribution >= 0.6 is 0 Å². The third-order valence-electron chi connectivity index (χ3n) is 4.38. The molecule has 122 valence electrons. The van der Waals surface area contributed by atoms with Crippen molar-refractivity contribution in [1.29, 1.82) is 0 Å². The van der Waals surface area contributed by atoms with Gasteiger partial charge in [0.25, 0.3) is 0 Å². The molecular formula is C17H26N2O3. The van der Waals surface area contributed by atoms with Crippen molar-refractivity contribution >= 4 is 12.3 Å². The fourth-order valence-electron chi connectivity index (χ4n) is 3.14. The van der Waals surface area contributed by atoms with E-state index in [1.165, 1.54) is 0 Å². The van der Waals surface area contributed by atoms with Gasteiger partial charge in [-0.25, -0.2) is 4.79 Å². The number of hydrogen-bond donors (Lipinski definition) is 1. The summed E-state index contributed by atoms with van der Waals surface area (Å²) in [6.45, 7) is 5.06. The highest BCUT2D eigenvalue weighted by Crippen LogP contribution is 2.42. The molecule has 1 aliphatic rings. The Hall–Kier alpha value is -1.78. The second-order valence-electron chi connectivity index (χ2n) is 5.98. The first-order chi connectivity index (χ1) is 10.7. The van der Waals surface area contributed by atoms with Crippen molar-refractivity contribution in [2.45, 2.75) is 64.0 Å². The Labute approximate surface area is 132 Å². The van der Waals surface area contributed by atoms with E-state index in [9.17, 15) is 9.90 Å². The standard InChI is InChI=1S/C17H26N2O3/c1-3-5-7-10-19-13-18-17(16(20)21,9-6-4-2)15(19)14-8-11-22-12-14/h8,11-13,15H,3-7,9-10H2,1-2H3,(H,20,21). The molecule has 2 atom stereocenters. The summed E-state index contributed by atoms with van der Waals surface area (Å²) in [5, 5.41) is 9.88. The summed E-state index contributed by atoms with van der Waals surface area (Å²) in [5.74, 6) is -0.846. The lowest BCUT2D eigenvalue weighted by Gasteiger charge is -2.34. The van der Waals surface area contributed by atoms with Crippen molar-refractivity contribution in [2.24, 2.45) is 4.99 Å². The molecule has 1 aromatic rings. The first kappa shape index (κ1) is 16.6. The Balaban J connectivity index is 2.27. The van der Waals surface area contributed by atoms with E-state index < -0.39 is 11.5 Å². The maximum absolute atomic E-state index is 12.0. The van der Waals surface area contributed by atoms with Crippen molar-refractivity contribution in [3.63, 3.8) is 0 Å². The van der Waals surface area contributed by atoms with Gasteiger partial charge < -0.3 is 14.4 Å². The molecule has 1 N–H and O–H groups in total. The number of carboxylic acid groups (broad SMARTS) is 1. The number of aliphatic carboxylic acids is 1. The molecule has 0 aliphatic carbocycles. The minimum absolute atomic E-state index is 0.271. The molecule has 2 unspecified atom stereocenters. The average Bonchev–Trinajstić information content (AvgIpc) is 3.13. The van der Waals surface area contributed by atoms with E-state index in [1.807, 2.05) is 6.07 Å². The number of furan rings is 1. The Bertz CT molecular complexity index is 498. The number of rotatable bonds is 9. The van der Waals surface area contributed by atoms with E-state index in [0.717, 1.165) is 44.2 Å². The van der Waals surface area contributed by atoms with E-state index >= 15 is 0 Å². The number of carboxylic acids is 1. The van der Waals surface area contributed by atoms with E-state index in [2.05, 4.69) is 23.7 Å². The van der Waals surface area contributed by atoms with Crippen LogP contribution in [-0.2, 0) is 4.79 Å². The van der Waals surface area contributed by atoms with Gasteiger partial charge in [-0.15, -0.1) is 0 Å². The second kappa shape index (κ2) is 7.47. The summed E-state index contributed by atoms with van der Waals surface area (Å²) in [7, 11) is 0. The summed E-state index contributed by atoms with van der Waals surface area (Å²) >= 11 is 0. The number of nitrogens with zero attached hydrogens (tertiary/aromatic N) is 2. The predicted octanol–water partition coefficient (Wildman–Crippen LogP) is 3.87. The van der Waals surface area contributed by atoms with Crippen molar-refractivity contribution in [1.82, 2.24) is 4.90 Å². The molecule has 0 radical (unpaired) electrons. The third kappa shape index (κ3) is 3.18. The highest BCUT2D eigenvalue weighted by Gasteiger charge is 2.51. The minimum Gasteiger partial charge on any atom is -0.479 e. The van der Waals surface area contributed by atoms with Gasteiger partial charge in [0.05, 0.1) is 24.9 Å². The van der Waals surface area contributed by atoms with Crippen molar-refractivity contribution in [3.8, 4) is 0 Å². The lowest BCUT2D eigenvalue weighted by Crippen LogP contribution is -2.45. The average molecular weight is 306 g/mol. The van der Waals surface area contributed by atoms with Crippen LogP contribution in [0.3, 0.4) is 0 Å². The quantitative estimate of drug-likeness (QED) is 0.703. The van der Waals surface area contributed by atoms with Gasteiger partial charge in [0, 0.05) is 12.1 Å². The summed E-state index contributed by atoms with van der Waals surface area (Å²) in [6.07, 6.45) is 10.7. The van der Waals surface area contributed by atoms with Crippen LogP contribution in [0.25, 0.3) is 0 Å². The van der Waals surface area contributed by atoms with E-state index in [4.69, 9.17) is 4.42 Å². The van der Waals surface area contributed by atoms with Crippen molar-refractivity contribution in [2.75, 3.05) is 6.54 Å². The SMILES string of the molecule is CCCCCN1C=NC(CCCC)(C(=O)O)C1c1ccoc1. The molecule has 0 bridgehead atoms. The number of aliphatic imine (C=N–C) groups is 1. The van der Waals surface area contributed by atoms with Crippen molar-refractivity contribution in [3.05, 3.63) is 24.2 Å². The lowest BCUT2D eigenvalue weighted by molar-refractivity contribution is -0.145. The van der Waals surface area contributed by atoms with E-state index in [0.29, 0.717) is 6.42 Å². The fourth-order valence-corrected chi connectivity index (χ4v) is 3.14. The first-order valence-corrected chi connectivity index (χ1v) is 8.22. The molecule has 1 aromatic heterocycles. The zero-order valence-electron chi connectivity index (χ0n) is 13.5. The van der Waals surface area contributed by atoms with E-state index in [-0.39, 0.29) is 6.04 Å². The Morgan fingerprint density at radius 1 is 1.36 bits per heavy atom. The van der Waals surface area contributed by atoms with Gasteiger partial charge in [-0.2, -0.15) is 0 Å². The maximum atomic E-state index is 12.0. The number of carbonyl (C=O) groups is 1. The molecule has 2 rings (SSSR count). The van der Waals surface area contributed by atoms with Gasteiger partial charge in [0.2, 0.25) is 0 Å². The monoisotopic (exact) mass is 306 g/mol. The van der Waals surface area contributed by atoms with E-state index in [1.54, 1.807) is 18.9 Å². The summed E-state index contributed by atoms with van der Waals surface area (Å²) in [4.78, 5) is 18.6.